The monoisotopic (exact) mass is 301 g/mol. The SMILES string of the molecule is CC(Cc1ccccc1)C(=O)N(CCO)Cc1cncn1C. The molecular weight excluding hydrogens is 278 g/mol. The zero-order chi connectivity index (χ0) is 15.9. The maximum absolute atomic E-state index is 12.7. The van der Waals surface area contributed by atoms with Crippen LogP contribution in [-0.2, 0) is 24.8 Å². The number of amides is 1. The van der Waals surface area contributed by atoms with E-state index in [1.54, 1.807) is 17.4 Å². The van der Waals surface area contributed by atoms with Gasteiger partial charge in [-0.05, 0) is 12.0 Å². The van der Waals surface area contributed by atoms with Crippen molar-refractivity contribution in [3.8, 4) is 0 Å². The molecular formula is C17H23N3O2. The lowest BCUT2D eigenvalue weighted by atomic mass is 10.00. The summed E-state index contributed by atoms with van der Waals surface area (Å²) in [5, 5.41) is 9.24. The number of rotatable bonds is 7. The van der Waals surface area contributed by atoms with Crippen molar-refractivity contribution in [1.82, 2.24) is 14.5 Å². The van der Waals surface area contributed by atoms with E-state index in [1.807, 2.05) is 48.9 Å². The molecule has 0 radical (unpaired) electrons. The van der Waals surface area contributed by atoms with Crippen molar-refractivity contribution < 1.29 is 9.90 Å². The Hall–Kier alpha value is -2.14. The molecule has 5 nitrogen and oxygen atoms in total. The molecule has 0 fully saturated rings. The van der Waals surface area contributed by atoms with Crippen LogP contribution in [0.5, 0.6) is 0 Å². The minimum atomic E-state index is -0.123. The molecule has 1 aromatic carbocycles. The van der Waals surface area contributed by atoms with Crippen LogP contribution in [-0.4, -0.2) is 38.6 Å². The lowest BCUT2D eigenvalue weighted by Crippen LogP contribution is -2.37. The molecule has 1 atom stereocenters. The van der Waals surface area contributed by atoms with Crippen molar-refractivity contribution >= 4 is 5.91 Å². The number of hydrogen-bond donors (Lipinski definition) is 1. The predicted molar refractivity (Wildman–Crippen MR) is 85.0 cm³/mol. The Morgan fingerprint density at radius 3 is 2.68 bits per heavy atom. The molecule has 0 saturated carbocycles. The molecule has 2 rings (SSSR count). The van der Waals surface area contributed by atoms with Crippen molar-refractivity contribution in [2.75, 3.05) is 13.2 Å². The molecule has 0 saturated heterocycles. The summed E-state index contributed by atoms with van der Waals surface area (Å²) in [5.74, 6) is -0.0683. The van der Waals surface area contributed by atoms with Gasteiger partial charge in [-0.25, -0.2) is 4.98 Å². The molecule has 1 amide bonds. The van der Waals surface area contributed by atoms with Crippen LogP contribution in [0.25, 0.3) is 0 Å². The first-order chi connectivity index (χ1) is 10.6. The van der Waals surface area contributed by atoms with Crippen molar-refractivity contribution in [2.24, 2.45) is 13.0 Å². The normalized spacial score (nSPS) is 12.1. The van der Waals surface area contributed by atoms with Crippen LogP contribution in [0.1, 0.15) is 18.2 Å². The highest BCUT2D eigenvalue weighted by molar-refractivity contribution is 5.78. The van der Waals surface area contributed by atoms with E-state index < -0.39 is 0 Å². The predicted octanol–water partition coefficient (Wildman–Crippen LogP) is 1.62. The van der Waals surface area contributed by atoms with Crippen LogP contribution in [0, 0.1) is 5.92 Å². The van der Waals surface area contributed by atoms with Gasteiger partial charge in [0, 0.05) is 25.7 Å². The highest BCUT2D eigenvalue weighted by atomic mass is 16.3. The summed E-state index contributed by atoms with van der Waals surface area (Å²) in [7, 11) is 1.90. The first-order valence-corrected chi connectivity index (χ1v) is 7.50. The molecule has 0 aliphatic carbocycles. The van der Waals surface area contributed by atoms with E-state index in [0.717, 1.165) is 11.3 Å². The van der Waals surface area contributed by atoms with Crippen LogP contribution >= 0.6 is 0 Å². The summed E-state index contributed by atoms with van der Waals surface area (Å²) in [5.41, 5.74) is 2.10. The summed E-state index contributed by atoms with van der Waals surface area (Å²) in [6, 6.07) is 9.99. The lowest BCUT2D eigenvalue weighted by Gasteiger charge is -2.25. The Bertz CT molecular complexity index is 595. The molecule has 0 aliphatic heterocycles. The maximum Gasteiger partial charge on any atom is 0.226 e. The average molecular weight is 301 g/mol. The van der Waals surface area contributed by atoms with Gasteiger partial charge >= 0.3 is 0 Å². The number of aliphatic hydroxyl groups is 1. The molecule has 22 heavy (non-hydrogen) atoms. The van der Waals surface area contributed by atoms with Gasteiger partial charge in [0.2, 0.25) is 5.91 Å². The van der Waals surface area contributed by atoms with Crippen molar-refractivity contribution in [3.05, 3.63) is 54.1 Å². The first kappa shape index (κ1) is 16.2. The van der Waals surface area contributed by atoms with Crippen molar-refractivity contribution in [3.63, 3.8) is 0 Å². The standard InChI is InChI=1S/C17H23N3O2/c1-14(10-15-6-4-3-5-7-15)17(22)20(8-9-21)12-16-11-18-13-19(16)2/h3-7,11,13-14,21H,8-10,12H2,1-2H3. The summed E-state index contributed by atoms with van der Waals surface area (Å²) in [6.45, 7) is 2.70. The van der Waals surface area contributed by atoms with Gasteiger partial charge in [-0.3, -0.25) is 4.79 Å². The zero-order valence-electron chi connectivity index (χ0n) is 13.1. The van der Waals surface area contributed by atoms with E-state index in [2.05, 4.69) is 4.98 Å². The van der Waals surface area contributed by atoms with Crippen molar-refractivity contribution in [2.45, 2.75) is 19.9 Å². The Morgan fingerprint density at radius 1 is 1.36 bits per heavy atom. The summed E-state index contributed by atoms with van der Waals surface area (Å²) < 4.78 is 1.89. The highest BCUT2D eigenvalue weighted by Gasteiger charge is 2.21. The second-order valence-electron chi connectivity index (χ2n) is 5.57. The molecule has 1 unspecified atom stereocenters. The Balaban J connectivity index is 2.03. The first-order valence-electron chi connectivity index (χ1n) is 7.50. The third-order valence-corrected chi connectivity index (χ3v) is 3.76. The van der Waals surface area contributed by atoms with E-state index in [1.165, 1.54) is 0 Å². The number of nitrogens with zero attached hydrogens (tertiary/aromatic N) is 3. The van der Waals surface area contributed by atoms with Crippen molar-refractivity contribution in [1.29, 1.82) is 0 Å². The minimum absolute atomic E-state index is 0.0400. The third-order valence-electron chi connectivity index (χ3n) is 3.76. The quantitative estimate of drug-likeness (QED) is 0.845. The molecule has 1 aromatic heterocycles. The second-order valence-corrected chi connectivity index (χ2v) is 5.57. The summed E-state index contributed by atoms with van der Waals surface area (Å²) in [6.07, 6.45) is 4.16. The maximum atomic E-state index is 12.7. The summed E-state index contributed by atoms with van der Waals surface area (Å²) >= 11 is 0. The number of carbonyl (C=O) groups excluding carboxylic acids is 1. The molecule has 118 valence electrons. The van der Waals surface area contributed by atoms with Gasteiger partial charge in [0.15, 0.2) is 0 Å². The van der Waals surface area contributed by atoms with E-state index in [4.69, 9.17) is 0 Å². The average Bonchev–Trinajstić information content (AvgIpc) is 2.92. The topological polar surface area (TPSA) is 58.4 Å². The Morgan fingerprint density at radius 2 is 2.09 bits per heavy atom. The molecule has 0 bridgehead atoms. The minimum Gasteiger partial charge on any atom is -0.395 e. The van der Waals surface area contributed by atoms with Gasteiger partial charge in [-0.2, -0.15) is 0 Å². The van der Waals surface area contributed by atoms with Gasteiger partial charge < -0.3 is 14.6 Å². The molecule has 0 aliphatic rings. The highest BCUT2D eigenvalue weighted by Crippen LogP contribution is 2.13. The largest absolute Gasteiger partial charge is 0.395 e. The smallest absolute Gasteiger partial charge is 0.226 e. The fourth-order valence-electron chi connectivity index (χ4n) is 2.49. The van der Waals surface area contributed by atoms with E-state index in [0.29, 0.717) is 19.5 Å². The molecule has 2 aromatic rings. The van der Waals surface area contributed by atoms with Gasteiger partial charge in [0.05, 0.1) is 25.2 Å². The van der Waals surface area contributed by atoms with E-state index in [-0.39, 0.29) is 18.4 Å². The van der Waals surface area contributed by atoms with Gasteiger partial charge in [0.25, 0.3) is 0 Å². The number of aliphatic hydroxyl groups excluding tert-OH is 1. The van der Waals surface area contributed by atoms with E-state index in [9.17, 15) is 9.90 Å². The van der Waals surface area contributed by atoms with Crippen LogP contribution in [0.2, 0.25) is 0 Å². The number of hydrogen-bond acceptors (Lipinski definition) is 3. The number of carbonyl (C=O) groups is 1. The van der Waals surface area contributed by atoms with E-state index >= 15 is 0 Å². The Kier molecular flexibility index (Phi) is 5.72. The Labute approximate surface area is 131 Å². The fraction of sp³-hybridized carbons (Fsp3) is 0.412. The van der Waals surface area contributed by atoms with Gasteiger partial charge in [-0.1, -0.05) is 37.3 Å². The fourth-order valence-corrected chi connectivity index (χ4v) is 2.49. The van der Waals surface area contributed by atoms with Crippen LogP contribution in [0.15, 0.2) is 42.9 Å². The number of aryl methyl sites for hydroxylation is 1. The lowest BCUT2D eigenvalue weighted by molar-refractivity contribution is -0.136. The van der Waals surface area contributed by atoms with Crippen LogP contribution in [0.3, 0.4) is 0 Å². The van der Waals surface area contributed by atoms with Gasteiger partial charge in [-0.15, -0.1) is 0 Å². The van der Waals surface area contributed by atoms with Crippen LogP contribution in [0.4, 0.5) is 0 Å². The third kappa shape index (κ3) is 4.18. The molecule has 0 spiro atoms. The zero-order valence-corrected chi connectivity index (χ0v) is 13.1. The summed E-state index contributed by atoms with van der Waals surface area (Å²) in [4.78, 5) is 18.4. The van der Waals surface area contributed by atoms with Crippen LogP contribution < -0.4 is 0 Å². The number of aromatic nitrogens is 2. The molecule has 5 heteroatoms. The second kappa shape index (κ2) is 7.75. The van der Waals surface area contributed by atoms with Gasteiger partial charge in [0.1, 0.15) is 0 Å². The molecule has 1 heterocycles. The number of benzene rings is 1. The number of imidazole rings is 1. The molecule has 1 N–H and O–H groups in total.